The molecule has 0 aliphatic carbocycles. The number of carboxylic acids is 1. The van der Waals surface area contributed by atoms with Crippen LogP contribution in [0.5, 0.6) is 17.2 Å². The maximum absolute atomic E-state index is 14.7. The highest BCUT2D eigenvalue weighted by molar-refractivity contribution is 6.17. The van der Waals surface area contributed by atoms with E-state index in [-0.39, 0.29) is 23.6 Å². The first-order valence-corrected chi connectivity index (χ1v) is 14.1. The number of fused-ring (bicyclic) bond motifs is 2. The monoisotopic (exact) mass is 600 g/mol. The molecule has 0 spiro atoms. The number of carbonyl (C=O) groups excluding carboxylic acids is 1. The van der Waals surface area contributed by atoms with Gasteiger partial charge in [0.2, 0.25) is 6.79 Å². The van der Waals surface area contributed by atoms with Gasteiger partial charge in [-0.1, -0.05) is 48.5 Å². The van der Waals surface area contributed by atoms with Gasteiger partial charge in [-0.05, 0) is 60.2 Å². The van der Waals surface area contributed by atoms with Crippen LogP contribution in [0, 0.1) is 5.82 Å². The van der Waals surface area contributed by atoms with Gasteiger partial charge >= 0.3 is 5.97 Å². The van der Waals surface area contributed by atoms with Crippen molar-refractivity contribution in [1.82, 2.24) is 4.57 Å². The number of ether oxygens (including phenoxy) is 3. The van der Waals surface area contributed by atoms with Crippen LogP contribution >= 0.6 is 0 Å². The highest BCUT2D eigenvalue weighted by atomic mass is 19.1. The van der Waals surface area contributed by atoms with Crippen LogP contribution < -0.4 is 19.1 Å². The van der Waals surface area contributed by atoms with Gasteiger partial charge in [-0.3, -0.25) is 9.69 Å². The fourth-order valence-corrected chi connectivity index (χ4v) is 5.39. The van der Waals surface area contributed by atoms with Gasteiger partial charge in [0.05, 0.1) is 22.3 Å². The summed E-state index contributed by atoms with van der Waals surface area (Å²) in [5.41, 5.74) is 2.97. The Labute approximate surface area is 257 Å². The van der Waals surface area contributed by atoms with Gasteiger partial charge in [-0.2, -0.15) is 0 Å². The molecule has 7 rings (SSSR count). The van der Waals surface area contributed by atoms with E-state index < -0.39 is 17.7 Å². The van der Waals surface area contributed by atoms with Crippen molar-refractivity contribution >= 4 is 34.2 Å². The fraction of sp³-hybridized carbons (Fsp3) is 0.0556. The number of amides is 1. The lowest BCUT2D eigenvalue weighted by Gasteiger charge is -2.23. The molecule has 6 aromatic rings. The van der Waals surface area contributed by atoms with Crippen LogP contribution in [0.4, 0.5) is 15.8 Å². The second-order valence-electron chi connectivity index (χ2n) is 10.3. The number of aromatic nitrogens is 1. The van der Waals surface area contributed by atoms with Crippen LogP contribution in [-0.2, 0) is 6.61 Å². The van der Waals surface area contributed by atoms with Gasteiger partial charge in [0, 0.05) is 35.1 Å². The molecule has 1 N–H and O–H groups in total. The molecule has 1 aliphatic rings. The van der Waals surface area contributed by atoms with Crippen LogP contribution in [0.1, 0.15) is 26.3 Å². The number of para-hydroxylation sites is 1. The minimum Gasteiger partial charge on any atom is -0.489 e. The van der Waals surface area contributed by atoms with Crippen molar-refractivity contribution in [3.63, 3.8) is 0 Å². The number of aromatic carboxylic acids is 1. The predicted octanol–water partition coefficient (Wildman–Crippen LogP) is 7.75. The number of hydrogen-bond donors (Lipinski definition) is 1. The summed E-state index contributed by atoms with van der Waals surface area (Å²) in [5, 5.41) is 10.4. The summed E-state index contributed by atoms with van der Waals surface area (Å²) < 4.78 is 33.1. The number of carbonyl (C=O) groups is 2. The number of rotatable bonds is 8. The van der Waals surface area contributed by atoms with E-state index >= 15 is 0 Å². The van der Waals surface area contributed by atoms with Crippen LogP contribution in [-0.4, -0.2) is 28.3 Å². The molecule has 0 bridgehead atoms. The molecule has 9 heteroatoms. The van der Waals surface area contributed by atoms with Crippen LogP contribution in [0.2, 0.25) is 0 Å². The molecule has 0 saturated heterocycles. The molecular formula is C36H25FN2O6. The van der Waals surface area contributed by atoms with Crippen LogP contribution in [0.25, 0.3) is 16.6 Å². The summed E-state index contributed by atoms with van der Waals surface area (Å²) in [6, 6.07) is 33.0. The summed E-state index contributed by atoms with van der Waals surface area (Å²) in [7, 11) is 0. The molecule has 0 atom stereocenters. The van der Waals surface area contributed by atoms with E-state index in [2.05, 4.69) is 0 Å². The SMILES string of the molecule is O=C(O)c1cc2c(cc1-n1cc(C(=O)N(c3ccccc3)c3ccc(OCc4ccccc4)cc3)c3cc(F)ccc31)OCO2. The Hall–Kier alpha value is -6.09. The molecule has 5 aromatic carbocycles. The first-order valence-electron chi connectivity index (χ1n) is 14.1. The van der Waals surface area contributed by atoms with Crippen molar-refractivity contribution in [3.8, 4) is 22.9 Å². The second-order valence-corrected chi connectivity index (χ2v) is 10.3. The quantitative estimate of drug-likeness (QED) is 0.192. The van der Waals surface area contributed by atoms with Gasteiger partial charge in [-0.15, -0.1) is 0 Å². The molecule has 1 aliphatic heterocycles. The van der Waals surface area contributed by atoms with E-state index in [9.17, 15) is 19.1 Å². The van der Waals surface area contributed by atoms with E-state index in [1.54, 1.807) is 47.0 Å². The van der Waals surface area contributed by atoms with Crippen LogP contribution in [0.3, 0.4) is 0 Å². The minimum absolute atomic E-state index is 0.0403. The standard InChI is InChI=1S/C36H25FN2O6/c37-24-11-16-31-28(17-24)30(20-38(31)32-19-34-33(44-22-45-34)18-29(32)36(41)42)35(40)39(25-9-5-2-6-10-25)26-12-14-27(15-13-26)43-21-23-7-3-1-4-8-23/h1-20H,21-22H2,(H,41,42). The van der Waals surface area contributed by atoms with Gasteiger partial charge in [0.15, 0.2) is 11.5 Å². The molecule has 0 unspecified atom stereocenters. The number of halogens is 1. The van der Waals surface area contributed by atoms with Crippen LogP contribution in [0.15, 0.2) is 121 Å². The maximum atomic E-state index is 14.7. The third-order valence-electron chi connectivity index (χ3n) is 7.54. The maximum Gasteiger partial charge on any atom is 0.337 e. The highest BCUT2D eigenvalue weighted by Crippen LogP contribution is 2.39. The van der Waals surface area contributed by atoms with E-state index in [0.717, 1.165) is 5.56 Å². The summed E-state index contributed by atoms with van der Waals surface area (Å²) in [5.74, 6) is -0.865. The van der Waals surface area contributed by atoms with Crippen molar-refractivity contribution in [2.45, 2.75) is 6.61 Å². The highest BCUT2D eigenvalue weighted by Gasteiger charge is 2.27. The third-order valence-corrected chi connectivity index (χ3v) is 7.54. The number of nitrogens with zero attached hydrogens (tertiary/aromatic N) is 2. The Balaban J connectivity index is 1.31. The fourth-order valence-electron chi connectivity index (χ4n) is 5.39. The van der Waals surface area contributed by atoms with E-state index in [1.165, 1.54) is 35.4 Å². The van der Waals surface area contributed by atoms with E-state index in [4.69, 9.17) is 14.2 Å². The van der Waals surface area contributed by atoms with Gasteiger partial charge in [0.1, 0.15) is 18.2 Å². The smallest absolute Gasteiger partial charge is 0.337 e. The number of anilines is 2. The zero-order valence-corrected chi connectivity index (χ0v) is 23.7. The lowest BCUT2D eigenvalue weighted by Crippen LogP contribution is -2.25. The minimum atomic E-state index is -1.19. The molecule has 2 heterocycles. The summed E-state index contributed by atoms with van der Waals surface area (Å²) in [4.78, 5) is 28.3. The first-order chi connectivity index (χ1) is 22.0. The van der Waals surface area contributed by atoms with Crippen molar-refractivity contribution in [2.75, 3.05) is 11.7 Å². The Bertz CT molecular complexity index is 2040. The Morgan fingerprint density at radius 3 is 2.18 bits per heavy atom. The molecule has 1 aromatic heterocycles. The van der Waals surface area contributed by atoms with Gasteiger partial charge < -0.3 is 23.9 Å². The number of benzene rings is 5. The molecule has 222 valence electrons. The average molecular weight is 601 g/mol. The molecule has 8 nitrogen and oxygen atoms in total. The predicted molar refractivity (Wildman–Crippen MR) is 166 cm³/mol. The average Bonchev–Trinajstić information content (AvgIpc) is 3.69. The molecular weight excluding hydrogens is 575 g/mol. The topological polar surface area (TPSA) is 90.2 Å². The third kappa shape index (κ3) is 5.31. The molecule has 0 saturated carbocycles. The Kier molecular flexibility index (Phi) is 7.11. The van der Waals surface area contributed by atoms with Gasteiger partial charge in [0.25, 0.3) is 5.91 Å². The van der Waals surface area contributed by atoms with Gasteiger partial charge in [-0.25, -0.2) is 9.18 Å². The summed E-state index contributed by atoms with van der Waals surface area (Å²) in [6.45, 7) is 0.353. The van der Waals surface area contributed by atoms with E-state index in [1.807, 2.05) is 48.5 Å². The molecule has 1 amide bonds. The van der Waals surface area contributed by atoms with Crippen molar-refractivity contribution in [1.29, 1.82) is 0 Å². The summed E-state index contributed by atoms with van der Waals surface area (Å²) in [6.07, 6.45) is 1.53. The largest absolute Gasteiger partial charge is 0.489 e. The lowest BCUT2D eigenvalue weighted by molar-refractivity contribution is 0.0696. The zero-order chi connectivity index (χ0) is 30.9. The number of hydrogen-bond acceptors (Lipinski definition) is 5. The van der Waals surface area contributed by atoms with Crippen molar-refractivity contribution < 1.29 is 33.3 Å². The molecule has 0 radical (unpaired) electrons. The Morgan fingerprint density at radius 1 is 0.800 bits per heavy atom. The number of carboxylic acid groups (broad SMARTS) is 1. The Morgan fingerprint density at radius 2 is 1.47 bits per heavy atom. The molecule has 0 fully saturated rings. The zero-order valence-electron chi connectivity index (χ0n) is 23.7. The second kappa shape index (κ2) is 11.5. The van der Waals surface area contributed by atoms with Crippen molar-refractivity contribution in [2.24, 2.45) is 0 Å². The first kappa shape index (κ1) is 27.7. The van der Waals surface area contributed by atoms with Crippen molar-refractivity contribution in [3.05, 3.63) is 144 Å². The summed E-state index contributed by atoms with van der Waals surface area (Å²) >= 11 is 0. The van der Waals surface area contributed by atoms with E-state index in [0.29, 0.717) is 46.1 Å². The lowest BCUT2D eigenvalue weighted by atomic mass is 10.1. The normalized spacial score (nSPS) is 11.8. The molecule has 45 heavy (non-hydrogen) atoms.